The van der Waals surface area contributed by atoms with Crippen LogP contribution in [0.15, 0.2) is 24.3 Å². The highest BCUT2D eigenvalue weighted by atomic mass is 32.2. The van der Waals surface area contributed by atoms with Crippen molar-refractivity contribution in [1.29, 1.82) is 0 Å². The molecular weight excluding hydrogens is 550 g/mol. The van der Waals surface area contributed by atoms with E-state index in [-0.39, 0.29) is 42.6 Å². The van der Waals surface area contributed by atoms with Crippen LogP contribution >= 0.6 is 11.8 Å². The molecule has 41 heavy (non-hydrogen) atoms. The molecular formula is C28H43N5O7S. The summed E-state index contributed by atoms with van der Waals surface area (Å²) in [5.74, 6) is -1.60. The van der Waals surface area contributed by atoms with Crippen LogP contribution in [0, 0.1) is 5.92 Å². The average molecular weight is 594 g/mol. The standard InChI is InChI=1S/C28H43N5O7S/c1-6-22(41-5)27(38)33(18-34)15-9-7-8-10-23(35)32-25(19(2)3)26(37)30-16-24(36)31-21-13-11-20(12-14-21)17-40-28(39)29-4/h11-14,18-19,22,25H,6-10,15-17H2,1-5H3,(H,29,39)(H,30,37)(H,31,36)(H,32,35). The summed E-state index contributed by atoms with van der Waals surface area (Å²) >= 11 is 1.42. The molecule has 0 heterocycles. The highest BCUT2D eigenvalue weighted by molar-refractivity contribution is 7.99. The number of thioether (sulfide) groups is 1. The molecule has 0 aromatic heterocycles. The molecule has 0 saturated carbocycles. The molecule has 13 heteroatoms. The molecule has 2 unspecified atom stereocenters. The number of carbonyl (C=O) groups is 6. The van der Waals surface area contributed by atoms with Gasteiger partial charge in [0.05, 0.1) is 11.8 Å². The summed E-state index contributed by atoms with van der Waals surface area (Å²) in [4.78, 5) is 73.5. The van der Waals surface area contributed by atoms with Gasteiger partial charge in [-0.1, -0.05) is 39.3 Å². The molecule has 0 aliphatic rings. The third-order valence-corrected chi connectivity index (χ3v) is 7.25. The fraction of sp³-hybridized carbons (Fsp3) is 0.571. The molecule has 0 aliphatic carbocycles. The van der Waals surface area contributed by atoms with Crippen molar-refractivity contribution in [3.63, 3.8) is 0 Å². The predicted octanol–water partition coefficient (Wildman–Crippen LogP) is 2.43. The number of ether oxygens (including phenoxy) is 1. The zero-order chi connectivity index (χ0) is 30.8. The number of carbonyl (C=O) groups excluding carboxylic acids is 6. The van der Waals surface area contributed by atoms with Gasteiger partial charge in [-0.3, -0.25) is 28.9 Å². The smallest absolute Gasteiger partial charge is 0.407 e. The number of rotatable bonds is 18. The maximum atomic E-state index is 12.7. The maximum Gasteiger partial charge on any atom is 0.407 e. The Labute approximate surface area is 246 Å². The van der Waals surface area contributed by atoms with Gasteiger partial charge in [-0.15, -0.1) is 0 Å². The number of hydrogen-bond acceptors (Lipinski definition) is 8. The van der Waals surface area contributed by atoms with E-state index in [1.54, 1.807) is 38.1 Å². The molecule has 4 N–H and O–H groups in total. The zero-order valence-corrected chi connectivity index (χ0v) is 25.3. The number of alkyl carbamates (subject to hydrolysis) is 1. The highest BCUT2D eigenvalue weighted by Gasteiger charge is 2.25. The van der Waals surface area contributed by atoms with Crippen LogP contribution in [0.25, 0.3) is 0 Å². The van der Waals surface area contributed by atoms with E-state index in [2.05, 4.69) is 21.3 Å². The van der Waals surface area contributed by atoms with Gasteiger partial charge in [0.1, 0.15) is 12.6 Å². The van der Waals surface area contributed by atoms with E-state index in [0.29, 0.717) is 44.3 Å². The van der Waals surface area contributed by atoms with Crippen LogP contribution in [0.2, 0.25) is 0 Å². The maximum absolute atomic E-state index is 12.7. The van der Waals surface area contributed by atoms with Crippen molar-refractivity contribution in [3.05, 3.63) is 29.8 Å². The van der Waals surface area contributed by atoms with Gasteiger partial charge in [0.15, 0.2) is 0 Å². The van der Waals surface area contributed by atoms with E-state index in [4.69, 9.17) is 4.74 Å². The fourth-order valence-corrected chi connectivity index (χ4v) is 4.43. The van der Waals surface area contributed by atoms with Gasteiger partial charge in [0.25, 0.3) is 0 Å². The first-order valence-electron chi connectivity index (χ1n) is 13.6. The second kappa shape index (κ2) is 19.5. The Kier molecular flexibility index (Phi) is 16.8. The van der Waals surface area contributed by atoms with Gasteiger partial charge in [-0.25, -0.2) is 4.79 Å². The molecule has 0 radical (unpaired) electrons. The van der Waals surface area contributed by atoms with E-state index >= 15 is 0 Å². The Balaban J connectivity index is 2.43. The molecule has 1 aromatic carbocycles. The summed E-state index contributed by atoms with van der Waals surface area (Å²) in [6.07, 6.45) is 4.45. The van der Waals surface area contributed by atoms with Crippen molar-refractivity contribution in [2.45, 2.75) is 70.8 Å². The summed E-state index contributed by atoms with van der Waals surface area (Å²) in [6, 6.07) is 5.90. The fourth-order valence-electron chi connectivity index (χ4n) is 3.75. The van der Waals surface area contributed by atoms with Crippen molar-refractivity contribution in [2.75, 3.05) is 31.7 Å². The van der Waals surface area contributed by atoms with Crippen molar-refractivity contribution in [2.24, 2.45) is 5.92 Å². The van der Waals surface area contributed by atoms with E-state index in [1.165, 1.54) is 23.7 Å². The number of amides is 6. The van der Waals surface area contributed by atoms with E-state index in [9.17, 15) is 28.8 Å². The molecule has 0 aliphatic heterocycles. The van der Waals surface area contributed by atoms with Crippen LogP contribution in [-0.2, 0) is 35.3 Å². The van der Waals surface area contributed by atoms with Gasteiger partial charge in [0.2, 0.25) is 30.0 Å². The van der Waals surface area contributed by atoms with Gasteiger partial charge in [-0.05, 0) is 49.1 Å². The minimum Gasteiger partial charge on any atom is -0.445 e. The van der Waals surface area contributed by atoms with Crippen molar-refractivity contribution in [3.8, 4) is 0 Å². The summed E-state index contributed by atoms with van der Waals surface area (Å²) in [6.45, 7) is 5.60. The van der Waals surface area contributed by atoms with Gasteiger partial charge >= 0.3 is 6.09 Å². The number of nitrogens with zero attached hydrogens (tertiary/aromatic N) is 1. The molecule has 6 amide bonds. The van der Waals surface area contributed by atoms with Crippen molar-refractivity contribution in [1.82, 2.24) is 20.9 Å². The molecule has 2 atom stereocenters. The monoisotopic (exact) mass is 593 g/mol. The first-order chi connectivity index (χ1) is 19.6. The Hall–Kier alpha value is -3.61. The molecule has 0 bridgehead atoms. The second-order valence-electron chi connectivity index (χ2n) is 9.66. The third-order valence-electron chi connectivity index (χ3n) is 6.14. The topological polar surface area (TPSA) is 163 Å². The normalized spacial score (nSPS) is 12.0. The molecule has 1 rings (SSSR count). The van der Waals surface area contributed by atoms with Crippen LogP contribution in [0.3, 0.4) is 0 Å². The quantitative estimate of drug-likeness (QED) is 0.149. The zero-order valence-electron chi connectivity index (χ0n) is 24.5. The van der Waals surface area contributed by atoms with Crippen LogP contribution in [0.1, 0.15) is 58.4 Å². The van der Waals surface area contributed by atoms with Crippen LogP contribution < -0.4 is 21.3 Å². The lowest BCUT2D eigenvalue weighted by molar-refractivity contribution is -0.138. The first-order valence-corrected chi connectivity index (χ1v) is 14.9. The SMILES string of the molecule is CCC(SC)C(=O)N(C=O)CCCCCC(=O)NC(C(=O)NCC(=O)Nc1ccc(COC(=O)NC)cc1)C(C)C. The Morgan fingerprint density at radius 3 is 2.27 bits per heavy atom. The summed E-state index contributed by atoms with van der Waals surface area (Å²) in [5, 5.41) is 10.1. The number of benzene rings is 1. The molecule has 0 spiro atoms. The highest BCUT2D eigenvalue weighted by Crippen LogP contribution is 2.14. The number of unbranched alkanes of at least 4 members (excludes halogenated alkanes) is 2. The van der Waals surface area contributed by atoms with Crippen molar-refractivity contribution < 1.29 is 33.5 Å². The second-order valence-corrected chi connectivity index (χ2v) is 10.7. The molecule has 0 saturated heterocycles. The van der Waals surface area contributed by atoms with E-state index in [1.807, 2.05) is 13.2 Å². The van der Waals surface area contributed by atoms with Crippen LogP contribution in [0.4, 0.5) is 10.5 Å². The first kappa shape index (κ1) is 35.4. The number of nitrogens with one attached hydrogen (secondary N) is 4. The lowest BCUT2D eigenvalue weighted by Gasteiger charge is -2.22. The van der Waals surface area contributed by atoms with Gasteiger partial charge in [0, 0.05) is 25.7 Å². The molecule has 228 valence electrons. The Bertz CT molecular complexity index is 1020. The van der Waals surface area contributed by atoms with E-state index in [0.717, 1.165) is 5.56 Å². The lowest BCUT2D eigenvalue weighted by atomic mass is 10.0. The number of anilines is 1. The summed E-state index contributed by atoms with van der Waals surface area (Å²) in [7, 11) is 1.46. The van der Waals surface area contributed by atoms with Crippen molar-refractivity contribution >= 4 is 53.6 Å². The Morgan fingerprint density at radius 2 is 1.71 bits per heavy atom. The molecule has 12 nitrogen and oxygen atoms in total. The van der Waals surface area contributed by atoms with Gasteiger partial charge < -0.3 is 26.0 Å². The summed E-state index contributed by atoms with van der Waals surface area (Å²) < 4.78 is 4.96. The summed E-state index contributed by atoms with van der Waals surface area (Å²) in [5.41, 5.74) is 1.25. The Morgan fingerprint density at radius 1 is 1.02 bits per heavy atom. The largest absolute Gasteiger partial charge is 0.445 e. The minimum absolute atomic E-state index is 0.0871. The molecule has 1 aromatic rings. The third kappa shape index (κ3) is 13.5. The minimum atomic E-state index is -0.810. The number of hydrogen-bond donors (Lipinski definition) is 4. The average Bonchev–Trinajstić information content (AvgIpc) is 2.96. The number of imide groups is 1. The van der Waals surface area contributed by atoms with Gasteiger partial charge in [-0.2, -0.15) is 11.8 Å². The predicted molar refractivity (Wildman–Crippen MR) is 158 cm³/mol. The van der Waals surface area contributed by atoms with E-state index < -0.39 is 23.9 Å². The lowest BCUT2D eigenvalue weighted by Crippen LogP contribution is -2.51. The van der Waals surface area contributed by atoms with Crippen LogP contribution in [-0.4, -0.2) is 78.7 Å². The molecule has 0 fully saturated rings. The van der Waals surface area contributed by atoms with Crippen LogP contribution in [0.5, 0.6) is 0 Å².